The predicted octanol–water partition coefficient (Wildman–Crippen LogP) is 3.34. The highest BCUT2D eigenvalue weighted by Gasteiger charge is 2.47. The molecule has 0 radical (unpaired) electrons. The third kappa shape index (κ3) is 1.79. The van der Waals surface area contributed by atoms with Gasteiger partial charge in [-0.05, 0) is 26.0 Å². The first-order valence-electron chi connectivity index (χ1n) is 5.23. The van der Waals surface area contributed by atoms with Crippen molar-refractivity contribution in [2.45, 2.75) is 20.0 Å². The zero-order valence-electron chi connectivity index (χ0n) is 9.84. The van der Waals surface area contributed by atoms with E-state index in [9.17, 15) is 13.2 Å². The van der Waals surface area contributed by atoms with Gasteiger partial charge in [-0.3, -0.25) is 0 Å². The van der Waals surface area contributed by atoms with Gasteiger partial charge in [-0.25, -0.2) is 4.98 Å². The number of imidazole rings is 1. The Morgan fingerprint density at radius 2 is 1.82 bits per heavy atom. The second-order valence-corrected chi connectivity index (χ2v) is 4.44. The lowest BCUT2D eigenvalue weighted by molar-refractivity contribution is -0.182. The number of alkyl halides is 3. The molecule has 1 aromatic heterocycles. The van der Waals surface area contributed by atoms with E-state index in [1.807, 2.05) is 6.92 Å². The molecule has 0 saturated carbocycles. The molecule has 1 aliphatic carbocycles. The van der Waals surface area contributed by atoms with Crippen molar-refractivity contribution >= 4 is 12.2 Å². The largest absolute Gasteiger partial charge is 0.400 e. The number of rotatable bonds is 0. The van der Waals surface area contributed by atoms with Crippen LogP contribution in [0.25, 0.3) is 12.2 Å². The van der Waals surface area contributed by atoms with Gasteiger partial charge in [0.1, 0.15) is 5.82 Å². The molecule has 1 aliphatic rings. The van der Waals surface area contributed by atoms with E-state index < -0.39 is 11.6 Å². The van der Waals surface area contributed by atoms with Crippen LogP contribution in [0, 0.1) is 12.3 Å². The molecule has 0 N–H and O–H groups in total. The fourth-order valence-electron chi connectivity index (χ4n) is 1.72. The molecule has 1 heterocycles. The van der Waals surface area contributed by atoms with Crippen LogP contribution in [-0.4, -0.2) is 15.7 Å². The van der Waals surface area contributed by atoms with Crippen LogP contribution in [0.3, 0.4) is 0 Å². The van der Waals surface area contributed by atoms with E-state index in [1.165, 1.54) is 18.2 Å². The van der Waals surface area contributed by atoms with Gasteiger partial charge in [0.05, 0.1) is 16.8 Å². The molecule has 1 atom stereocenters. The summed E-state index contributed by atoms with van der Waals surface area (Å²) in [6, 6.07) is 0. The zero-order chi connectivity index (χ0) is 12.8. The van der Waals surface area contributed by atoms with E-state index in [4.69, 9.17) is 0 Å². The molecular weight excluding hydrogens is 229 g/mol. The van der Waals surface area contributed by atoms with Crippen LogP contribution in [0.15, 0.2) is 12.2 Å². The fraction of sp³-hybridized carbons (Fsp3) is 0.417. The van der Waals surface area contributed by atoms with Crippen molar-refractivity contribution in [3.63, 3.8) is 0 Å². The van der Waals surface area contributed by atoms with Gasteiger partial charge in [-0.1, -0.05) is 12.2 Å². The van der Waals surface area contributed by atoms with Gasteiger partial charge in [0.2, 0.25) is 0 Å². The summed E-state index contributed by atoms with van der Waals surface area (Å²) in [6.45, 7) is 2.97. The average molecular weight is 242 g/mol. The Hall–Kier alpha value is -1.52. The molecule has 0 spiro atoms. The van der Waals surface area contributed by atoms with Crippen LogP contribution in [0.2, 0.25) is 0 Å². The van der Waals surface area contributed by atoms with Crippen LogP contribution >= 0.6 is 0 Å². The second kappa shape index (κ2) is 3.48. The maximum Gasteiger partial charge on any atom is 0.400 e. The number of hydrogen-bond acceptors (Lipinski definition) is 1. The Balaban J connectivity index is 2.52. The standard InChI is InChI=1S/C12H13F3N2/c1-8-16-9-4-6-11(2,12(13,14)15)7-5-10(9)17(8)3/h4-7H,1-3H3. The molecule has 1 unspecified atom stereocenters. The van der Waals surface area contributed by atoms with Gasteiger partial charge in [-0.15, -0.1) is 0 Å². The van der Waals surface area contributed by atoms with Crippen molar-refractivity contribution in [3.8, 4) is 0 Å². The summed E-state index contributed by atoms with van der Waals surface area (Å²) in [4.78, 5) is 4.22. The normalized spacial score (nSPS) is 23.6. The molecule has 2 nitrogen and oxygen atoms in total. The quantitative estimate of drug-likeness (QED) is 0.682. The summed E-state index contributed by atoms with van der Waals surface area (Å²) >= 11 is 0. The number of aromatic nitrogens is 2. The third-order valence-electron chi connectivity index (χ3n) is 3.18. The van der Waals surface area contributed by atoms with Crippen molar-refractivity contribution < 1.29 is 13.2 Å². The van der Waals surface area contributed by atoms with E-state index in [0.717, 1.165) is 18.8 Å². The molecule has 0 saturated heterocycles. The topological polar surface area (TPSA) is 17.8 Å². The fourth-order valence-corrected chi connectivity index (χ4v) is 1.72. The van der Waals surface area contributed by atoms with E-state index in [-0.39, 0.29) is 0 Å². The van der Waals surface area contributed by atoms with Crippen molar-refractivity contribution in [1.82, 2.24) is 9.55 Å². The van der Waals surface area contributed by atoms with Gasteiger partial charge >= 0.3 is 6.18 Å². The number of fused-ring (bicyclic) bond motifs is 1. The SMILES string of the molecule is Cc1nc2c(n1C)C=CC(C)(C(F)(F)F)C=C2. The van der Waals surface area contributed by atoms with Gasteiger partial charge in [0.15, 0.2) is 0 Å². The molecular formula is C12H13F3N2. The van der Waals surface area contributed by atoms with Crippen molar-refractivity contribution in [3.05, 3.63) is 29.4 Å². The number of hydrogen-bond donors (Lipinski definition) is 0. The summed E-state index contributed by atoms with van der Waals surface area (Å²) in [6.07, 6.45) is 0.966. The monoisotopic (exact) mass is 242 g/mol. The first kappa shape index (κ1) is 12.0. The number of nitrogens with zero attached hydrogens (tertiary/aromatic N) is 2. The summed E-state index contributed by atoms with van der Waals surface area (Å²) in [5, 5.41) is 0. The van der Waals surface area contributed by atoms with E-state index in [1.54, 1.807) is 11.6 Å². The van der Waals surface area contributed by atoms with E-state index in [0.29, 0.717) is 11.4 Å². The summed E-state index contributed by atoms with van der Waals surface area (Å²) in [5.74, 6) is 0.778. The Morgan fingerprint density at radius 3 is 2.41 bits per heavy atom. The lowest BCUT2D eigenvalue weighted by Gasteiger charge is -2.24. The number of aryl methyl sites for hydroxylation is 1. The smallest absolute Gasteiger partial charge is 0.331 e. The molecule has 0 fully saturated rings. The highest BCUT2D eigenvalue weighted by molar-refractivity contribution is 5.65. The van der Waals surface area contributed by atoms with Crippen LogP contribution < -0.4 is 0 Å². The molecule has 1 aromatic rings. The molecule has 5 heteroatoms. The second-order valence-electron chi connectivity index (χ2n) is 4.44. The Labute approximate surface area is 97.5 Å². The number of halogens is 3. The first-order valence-corrected chi connectivity index (χ1v) is 5.23. The summed E-state index contributed by atoms with van der Waals surface area (Å²) < 4.78 is 40.4. The maximum absolute atomic E-state index is 12.9. The minimum absolute atomic E-state index is 0.578. The van der Waals surface area contributed by atoms with Gasteiger partial charge in [-0.2, -0.15) is 13.2 Å². The van der Waals surface area contributed by atoms with Gasteiger partial charge in [0.25, 0.3) is 0 Å². The average Bonchev–Trinajstić information content (AvgIpc) is 2.39. The van der Waals surface area contributed by atoms with Crippen LogP contribution in [0.4, 0.5) is 13.2 Å². The minimum atomic E-state index is -4.29. The van der Waals surface area contributed by atoms with Gasteiger partial charge < -0.3 is 4.57 Å². The highest BCUT2D eigenvalue weighted by atomic mass is 19.4. The Morgan fingerprint density at radius 1 is 1.24 bits per heavy atom. The maximum atomic E-state index is 12.9. The van der Waals surface area contributed by atoms with Crippen LogP contribution in [-0.2, 0) is 7.05 Å². The Bertz CT molecular complexity index is 509. The summed E-state index contributed by atoms with van der Waals surface area (Å²) in [5.41, 5.74) is -0.650. The predicted molar refractivity (Wildman–Crippen MR) is 60.2 cm³/mol. The Kier molecular flexibility index (Phi) is 2.45. The van der Waals surface area contributed by atoms with E-state index >= 15 is 0 Å². The molecule has 0 aliphatic heterocycles. The molecule has 92 valence electrons. The third-order valence-corrected chi connectivity index (χ3v) is 3.18. The van der Waals surface area contributed by atoms with Gasteiger partial charge in [0, 0.05) is 7.05 Å². The zero-order valence-corrected chi connectivity index (χ0v) is 9.84. The number of allylic oxidation sites excluding steroid dienone is 2. The lowest BCUT2D eigenvalue weighted by atomic mass is 9.89. The van der Waals surface area contributed by atoms with Crippen molar-refractivity contribution in [2.75, 3.05) is 0 Å². The molecule has 0 amide bonds. The van der Waals surface area contributed by atoms with Crippen LogP contribution in [0.5, 0.6) is 0 Å². The molecule has 0 aromatic carbocycles. The first-order chi connectivity index (χ1) is 7.74. The van der Waals surface area contributed by atoms with E-state index in [2.05, 4.69) is 4.98 Å². The van der Waals surface area contributed by atoms with Crippen molar-refractivity contribution in [1.29, 1.82) is 0 Å². The highest BCUT2D eigenvalue weighted by Crippen LogP contribution is 2.42. The lowest BCUT2D eigenvalue weighted by Crippen LogP contribution is -2.30. The minimum Gasteiger partial charge on any atom is -0.331 e. The van der Waals surface area contributed by atoms with Crippen LogP contribution in [0.1, 0.15) is 24.1 Å². The molecule has 2 rings (SSSR count). The molecule has 17 heavy (non-hydrogen) atoms. The molecule has 0 bridgehead atoms. The van der Waals surface area contributed by atoms with Crippen molar-refractivity contribution in [2.24, 2.45) is 12.5 Å². The summed E-state index contributed by atoms with van der Waals surface area (Å²) in [7, 11) is 1.79.